The number of aryl methyl sites for hydroxylation is 2. The Morgan fingerprint density at radius 3 is 2.13 bits per heavy atom. The molecule has 5 nitrogen and oxygen atoms in total. The summed E-state index contributed by atoms with van der Waals surface area (Å²) in [7, 11) is 0. The summed E-state index contributed by atoms with van der Waals surface area (Å²) in [4.78, 5) is 26.2. The third kappa shape index (κ3) is 4.62. The Balaban J connectivity index is 1.36. The number of likely N-dealkylation sites (tertiary alicyclic amines) is 1. The SMILES string of the molecule is Cc1ccc(-c2ccc(C(=O)N3CCC(Oc4cc(C)oc(=O)c4)CC3)cc2)cc1. The second kappa shape index (κ2) is 8.57. The Morgan fingerprint density at radius 1 is 0.933 bits per heavy atom. The van der Waals surface area contributed by atoms with Gasteiger partial charge in [-0.25, -0.2) is 4.79 Å². The fraction of sp³-hybridized carbons (Fsp3) is 0.280. The van der Waals surface area contributed by atoms with Crippen molar-refractivity contribution in [3.05, 3.63) is 88.0 Å². The van der Waals surface area contributed by atoms with Gasteiger partial charge in [0.05, 0.1) is 6.07 Å². The van der Waals surface area contributed by atoms with Crippen molar-refractivity contribution >= 4 is 5.91 Å². The molecule has 0 atom stereocenters. The van der Waals surface area contributed by atoms with Crippen LogP contribution < -0.4 is 10.4 Å². The van der Waals surface area contributed by atoms with Crippen LogP contribution >= 0.6 is 0 Å². The van der Waals surface area contributed by atoms with E-state index in [-0.39, 0.29) is 12.0 Å². The van der Waals surface area contributed by atoms with E-state index in [1.807, 2.05) is 29.2 Å². The lowest BCUT2D eigenvalue weighted by molar-refractivity contribution is 0.0594. The van der Waals surface area contributed by atoms with Crippen LogP contribution in [0, 0.1) is 13.8 Å². The van der Waals surface area contributed by atoms with Gasteiger partial charge >= 0.3 is 5.63 Å². The highest BCUT2D eigenvalue weighted by Crippen LogP contribution is 2.23. The van der Waals surface area contributed by atoms with Crippen LogP contribution in [-0.2, 0) is 0 Å². The first-order chi connectivity index (χ1) is 14.5. The molecule has 2 heterocycles. The molecule has 0 radical (unpaired) electrons. The molecule has 0 bridgehead atoms. The number of hydrogen-bond donors (Lipinski definition) is 0. The second-order valence-electron chi connectivity index (χ2n) is 7.78. The maximum atomic E-state index is 12.9. The van der Waals surface area contributed by atoms with E-state index in [2.05, 4.69) is 31.2 Å². The molecule has 0 spiro atoms. The number of piperidine rings is 1. The summed E-state index contributed by atoms with van der Waals surface area (Å²) in [6.07, 6.45) is 1.44. The number of ether oxygens (including phenoxy) is 1. The van der Waals surface area contributed by atoms with Gasteiger partial charge in [0.2, 0.25) is 0 Å². The van der Waals surface area contributed by atoms with Gasteiger partial charge in [-0.1, -0.05) is 42.0 Å². The Hall–Kier alpha value is -3.34. The van der Waals surface area contributed by atoms with Crippen LogP contribution in [0.2, 0.25) is 0 Å². The summed E-state index contributed by atoms with van der Waals surface area (Å²) in [6.45, 7) is 5.05. The van der Waals surface area contributed by atoms with Crippen molar-refractivity contribution in [3.63, 3.8) is 0 Å². The smallest absolute Gasteiger partial charge is 0.339 e. The fourth-order valence-corrected chi connectivity index (χ4v) is 3.75. The zero-order valence-electron chi connectivity index (χ0n) is 17.3. The Bertz CT molecular complexity index is 1080. The van der Waals surface area contributed by atoms with Gasteiger partial charge in [-0.15, -0.1) is 0 Å². The molecule has 4 rings (SSSR count). The summed E-state index contributed by atoms with van der Waals surface area (Å²) >= 11 is 0. The predicted octanol–water partition coefficient (Wildman–Crippen LogP) is 4.61. The lowest BCUT2D eigenvalue weighted by Gasteiger charge is -2.32. The van der Waals surface area contributed by atoms with Crippen LogP contribution in [0.4, 0.5) is 0 Å². The number of benzene rings is 2. The van der Waals surface area contributed by atoms with Crippen LogP contribution in [0.3, 0.4) is 0 Å². The number of hydrogen-bond acceptors (Lipinski definition) is 4. The van der Waals surface area contributed by atoms with Crippen LogP contribution in [0.1, 0.15) is 34.5 Å². The number of nitrogens with zero attached hydrogens (tertiary/aromatic N) is 1. The zero-order chi connectivity index (χ0) is 21.1. The minimum absolute atomic E-state index is 0.0147. The minimum atomic E-state index is -0.410. The summed E-state index contributed by atoms with van der Waals surface area (Å²) in [6, 6.07) is 19.2. The summed E-state index contributed by atoms with van der Waals surface area (Å²) < 4.78 is 10.9. The van der Waals surface area contributed by atoms with E-state index >= 15 is 0 Å². The molecule has 1 fully saturated rings. The Labute approximate surface area is 175 Å². The highest BCUT2D eigenvalue weighted by Gasteiger charge is 2.25. The average molecular weight is 403 g/mol. The number of rotatable bonds is 4. The first-order valence-electron chi connectivity index (χ1n) is 10.2. The highest BCUT2D eigenvalue weighted by molar-refractivity contribution is 5.94. The van der Waals surface area contributed by atoms with Crippen molar-refractivity contribution in [2.75, 3.05) is 13.1 Å². The molecule has 0 N–H and O–H groups in total. The maximum absolute atomic E-state index is 12.9. The van der Waals surface area contributed by atoms with Gasteiger partial charge in [0.1, 0.15) is 17.6 Å². The monoisotopic (exact) mass is 403 g/mol. The van der Waals surface area contributed by atoms with Crippen LogP contribution in [0.25, 0.3) is 11.1 Å². The van der Waals surface area contributed by atoms with Crippen LogP contribution in [0.5, 0.6) is 5.75 Å². The van der Waals surface area contributed by atoms with Crippen molar-refractivity contribution in [1.29, 1.82) is 0 Å². The summed E-state index contributed by atoms with van der Waals surface area (Å²) in [5.41, 5.74) is 3.75. The molecule has 0 unspecified atom stereocenters. The van der Waals surface area contributed by atoms with Gasteiger partial charge < -0.3 is 14.1 Å². The number of carbonyl (C=O) groups excluding carboxylic acids is 1. The van der Waals surface area contributed by atoms with E-state index in [9.17, 15) is 9.59 Å². The van der Waals surface area contributed by atoms with Crippen LogP contribution in [0.15, 0.2) is 69.9 Å². The van der Waals surface area contributed by atoms with E-state index in [1.54, 1.807) is 13.0 Å². The predicted molar refractivity (Wildman–Crippen MR) is 116 cm³/mol. The van der Waals surface area contributed by atoms with Gasteiger partial charge in [-0.2, -0.15) is 0 Å². The average Bonchev–Trinajstić information content (AvgIpc) is 2.74. The zero-order valence-corrected chi connectivity index (χ0v) is 17.3. The van der Waals surface area contributed by atoms with E-state index < -0.39 is 5.63 Å². The van der Waals surface area contributed by atoms with Gasteiger partial charge in [-0.3, -0.25) is 4.79 Å². The molecule has 1 aliphatic rings. The maximum Gasteiger partial charge on any atom is 0.339 e. The normalized spacial score (nSPS) is 14.5. The lowest BCUT2D eigenvalue weighted by Crippen LogP contribution is -2.41. The molecule has 3 aromatic rings. The second-order valence-corrected chi connectivity index (χ2v) is 7.78. The summed E-state index contributed by atoms with van der Waals surface area (Å²) in [5, 5.41) is 0. The molecule has 1 saturated heterocycles. The van der Waals surface area contributed by atoms with Crippen molar-refractivity contribution < 1.29 is 13.9 Å². The van der Waals surface area contributed by atoms with E-state index in [1.165, 1.54) is 11.6 Å². The Kier molecular flexibility index (Phi) is 5.70. The molecular formula is C25H25NO4. The first kappa shape index (κ1) is 20.0. The van der Waals surface area contributed by atoms with Crippen LogP contribution in [-0.4, -0.2) is 30.0 Å². The molecule has 30 heavy (non-hydrogen) atoms. The van der Waals surface area contributed by atoms with Crippen molar-refractivity contribution in [2.24, 2.45) is 0 Å². The molecule has 2 aromatic carbocycles. The van der Waals surface area contributed by atoms with Crippen molar-refractivity contribution in [1.82, 2.24) is 4.90 Å². The molecule has 154 valence electrons. The molecular weight excluding hydrogens is 378 g/mol. The van der Waals surface area contributed by atoms with E-state index in [0.29, 0.717) is 30.2 Å². The largest absolute Gasteiger partial charge is 0.490 e. The molecule has 0 saturated carbocycles. The first-order valence-corrected chi connectivity index (χ1v) is 10.2. The van der Waals surface area contributed by atoms with Gasteiger partial charge in [0.15, 0.2) is 0 Å². The van der Waals surface area contributed by atoms with Crippen molar-refractivity contribution in [3.8, 4) is 16.9 Å². The number of carbonyl (C=O) groups is 1. The van der Waals surface area contributed by atoms with Gasteiger partial charge in [0, 0.05) is 37.6 Å². The topological polar surface area (TPSA) is 59.8 Å². The van der Waals surface area contributed by atoms with E-state index in [0.717, 1.165) is 24.0 Å². The summed E-state index contributed by atoms with van der Waals surface area (Å²) in [5.74, 6) is 1.10. The molecule has 1 amide bonds. The standard InChI is InChI=1S/C25H25NO4/c1-17-3-5-19(6-4-17)20-7-9-21(10-8-20)25(28)26-13-11-22(12-14-26)30-23-15-18(2)29-24(27)16-23/h3-10,15-16,22H,11-14H2,1-2H3. The van der Waals surface area contributed by atoms with Gasteiger partial charge in [0.25, 0.3) is 5.91 Å². The molecule has 1 aromatic heterocycles. The number of amides is 1. The Morgan fingerprint density at radius 2 is 1.53 bits per heavy atom. The third-order valence-corrected chi connectivity index (χ3v) is 5.42. The fourth-order valence-electron chi connectivity index (χ4n) is 3.75. The lowest BCUT2D eigenvalue weighted by atomic mass is 10.0. The molecule has 5 heteroatoms. The molecule has 0 aliphatic carbocycles. The van der Waals surface area contributed by atoms with Crippen molar-refractivity contribution in [2.45, 2.75) is 32.8 Å². The molecule has 1 aliphatic heterocycles. The quantitative estimate of drug-likeness (QED) is 0.638. The minimum Gasteiger partial charge on any atom is -0.490 e. The highest BCUT2D eigenvalue weighted by atomic mass is 16.5. The van der Waals surface area contributed by atoms with E-state index in [4.69, 9.17) is 9.15 Å². The third-order valence-electron chi connectivity index (χ3n) is 5.42. The van der Waals surface area contributed by atoms with Gasteiger partial charge in [-0.05, 0) is 37.1 Å².